The monoisotopic (exact) mass is 456 g/mol. The molecule has 166 valence electrons. The highest BCUT2D eigenvalue weighted by molar-refractivity contribution is 7.88. The SMILES string of the molecule is N[C@H]1CN(C(=O)NS(=O)(=O)N2CCN(NC(=O)c3ccc(O)c(O)c3)C(=O)C2=O)C1=O. The van der Waals surface area contributed by atoms with Gasteiger partial charge in [-0.3, -0.25) is 29.5 Å². The zero-order valence-electron chi connectivity index (χ0n) is 15.5. The Bertz CT molecular complexity index is 1100. The van der Waals surface area contributed by atoms with Gasteiger partial charge >= 0.3 is 28.1 Å². The van der Waals surface area contributed by atoms with E-state index in [-0.39, 0.29) is 16.4 Å². The average molecular weight is 456 g/mol. The molecule has 1 aromatic rings. The van der Waals surface area contributed by atoms with Crippen LogP contribution in [0.15, 0.2) is 18.2 Å². The molecule has 1 atom stereocenters. The van der Waals surface area contributed by atoms with E-state index in [0.717, 1.165) is 18.2 Å². The summed E-state index contributed by atoms with van der Waals surface area (Å²) >= 11 is 0. The largest absolute Gasteiger partial charge is 0.504 e. The third-order valence-electron chi connectivity index (χ3n) is 4.37. The van der Waals surface area contributed by atoms with Crippen LogP contribution in [0, 0.1) is 0 Å². The quantitative estimate of drug-likeness (QED) is 0.171. The van der Waals surface area contributed by atoms with E-state index in [0.29, 0.717) is 9.91 Å². The maximum absolute atomic E-state index is 12.3. The van der Waals surface area contributed by atoms with Gasteiger partial charge in [0.15, 0.2) is 11.5 Å². The average Bonchev–Trinajstić information content (AvgIpc) is 2.70. The molecule has 0 saturated carbocycles. The van der Waals surface area contributed by atoms with E-state index in [1.54, 1.807) is 0 Å². The number of imide groups is 1. The Balaban J connectivity index is 1.65. The predicted octanol–water partition coefficient (Wildman–Crippen LogP) is -3.46. The second-order valence-corrected chi connectivity index (χ2v) is 8.04. The summed E-state index contributed by atoms with van der Waals surface area (Å²) in [6, 6.07) is 0.820. The first-order valence-electron chi connectivity index (χ1n) is 8.52. The number of aromatic hydroxyl groups is 2. The van der Waals surface area contributed by atoms with Gasteiger partial charge in [0.25, 0.3) is 5.91 Å². The number of carbonyl (C=O) groups is 5. The summed E-state index contributed by atoms with van der Waals surface area (Å²) in [4.78, 5) is 60.5. The van der Waals surface area contributed by atoms with Gasteiger partial charge in [-0.25, -0.2) is 18.8 Å². The molecule has 15 nitrogen and oxygen atoms in total. The lowest BCUT2D eigenvalue weighted by atomic mass is 10.1. The lowest BCUT2D eigenvalue weighted by Crippen LogP contribution is -2.67. The number of hydrogen-bond acceptors (Lipinski definition) is 10. The van der Waals surface area contributed by atoms with Crippen LogP contribution in [-0.4, -0.2) is 88.2 Å². The fraction of sp³-hybridized carbons (Fsp3) is 0.267. The lowest BCUT2D eigenvalue weighted by Gasteiger charge is -2.35. The maximum atomic E-state index is 12.3. The maximum Gasteiger partial charge on any atom is 0.339 e. The molecule has 0 spiro atoms. The number of phenolic OH excluding ortho intramolecular Hbond substituents is 2. The van der Waals surface area contributed by atoms with Crippen LogP contribution in [0.25, 0.3) is 0 Å². The molecule has 2 aliphatic rings. The topological polar surface area (TPSA) is 220 Å². The van der Waals surface area contributed by atoms with Crippen molar-refractivity contribution in [2.45, 2.75) is 6.04 Å². The molecule has 0 radical (unpaired) electrons. The molecule has 6 N–H and O–H groups in total. The van der Waals surface area contributed by atoms with Crippen LogP contribution in [0.5, 0.6) is 11.5 Å². The summed E-state index contributed by atoms with van der Waals surface area (Å²) in [5.74, 6) is -5.78. The van der Waals surface area contributed by atoms with Crippen molar-refractivity contribution in [1.29, 1.82) is 0 Å². The first-order valence-corrected chi connectivity index (χ1v) is 9.96. The van der Waals surface area contributed by atoms with Crippen molar-refractivity contribution < 1.29 is 42.6 Å². The Morgan fingerprint density at radius 1 is 1.06 bits per heavy atom. The number of nitrogens with one attached hydrogen (secondary N) is 2. The smallest absolute Gasteiger partial charge is 0.339 e. The number of β-lactam (4-membered cyclic amide) rings is 1. The van der Waals surface area contributed by atoms with Gasteiger partial charge in [-0.2, -0.15) is 8.42 Å². The molecule has 2 heterocycles. The Morgan fingerprint density at radius 3 is 2.32 bits per heavy atom. The summed E-state index contributed by atoms with van der Waals surface area (Å²) in [6.45, 7) is -1.27. The summed E-state index contributed by atoms with van der Waals surface area (Å²) in [5, 5.41) is 19.3. The molecule has 6 amide bonds. The van der Waals surface area contributed by atoms with Gasteiger partial charge in [0.05, 0.1) is 19.6 Å². The van der Waals surface area contributed by atoms with Crippen LogP contribution in [0.1, 0.15) is 10.4 Å². The third-order valence-corrected chi connectivity index (χ3v) is 5.73. The van der Waals surface area contributed by atoms with Crippen LogP contribution >= 0.6 is 0 Å². The van der Waals surface area contributed by atoms with E-state index in [1.165, 1.54) is 4.72 Å². The molecule has 0 bridgehead atoms. The Labute approximate surface area is 174 Å². The predicted molar refractivity (Wildman–Crippen MR) is 97.8 cm³/mol. The number of hydrogen-bond donors (Lipinski definition) is 5. The fourth-order valence-electron chi connectivity index (χ4n) is 2.66. The molecule has 3 rings (SSSR count). The van der Waals surface area contributed by atoms with Gasteiger partial charge in [0, 0.05) is 5.56 Å². The Morgan fingerprint density at radius 2 is 1.74 bits per heavy atom. The van der Waals surface area contributed by atoms with E-state index in [2.05, 4.69) is 5.43 Å². The van der Waals surface area contributed by atoms with Gasteiger partial charge in [0.1, 0.15) is 6.04 Å². The van der Waals surface area contributed by atoms with Crippen molar-refractivity contribution in [3.05, 3.63) is 23.8 Å². The highest BCUT2D eigenvalue weighted by Crippen LogP contribution is 2.24. The molecule has 1 aromatic carbocycles. The van der Waals surface area contributed by atoms with Crippen molar-refractivity contribution in [2.24, 2.45) is 5.73 Å². The highest BCUT2D eigenvalue weighted by Gasteiger charge is 2.44. The third kappa shape index (κ3) is 4.05. The van der Waals surface area contributed by atoms with Gasteiger partial charge < -0.3 is 15.9 Å². The van der Waals surface area contributed by atoms with E-state index in [4.69, 9.17) is 5.73 Å². The van der Waals surface area contributed by atoms with Crippen molar-refractivity contribution in [3.8, 4) is 11.5 Å². The number of nitrogens with two attached hydrogens (primary N) is 1. The van der Waals surface area contributed by atoms with Crippen molar-refractivity contribution in [1.82, 2.24) is 24.4 Å². The second-order valence-electron chi connectivity index (χ2n) is 6.45. The Kier molecular flexibility index (Phi) is 5.43. The fourth-order valence-corrected chi connectivity index (χ4v) is 3.72. The number of carbonyl (C=O) groups excluding carboxylic acids is 5. The molecule has 2 aliphatic heterocycles. The first-order chi connectivity index (χ1) is 14.4. The molecule has 0 aliphatic carbocycles. The van der Waals surface area contributed by atoms with Gasteiger partial charge in [0.2, 0.25) is 5.91 Å². The van der Waals surface area contributed by atoms with Crippen LogP contribution < -0.4 is 15.9 Å². The van der Waals surface area contributed by atoms with Crippen LogP contribution in [0.4, 0.5) is 4.79 Å². The molecular weight excluding hydrogens is 440 g/mol. The normalized spacial score (nSPS) is 19.2. The summed E-state index contributed by atoms with van der Waals surface area (Å²) < 4.78 is 26.2. The number of nitrogens with zero attached hydrogens (tertiary/aromatic N) is 3. The number of benzene rings is 1. The highest BCUT2D eigenvalue weighted by atomic mass is 32.2. The minimum atomic E-state index is -4.81. The van der Waals surface area contributed by atoms with Crippen LogP contribution in [-0.2, 0) is 24.6 Å². The zero-order chi connectivity index (χ0) is 23.1. The molecule has 0 aromatic heterocycles. The molecule has 2 fully saturated rings. The van der Waals surface area contributed by atoms with Crippen LogP contribution in [0.2, 0.25) is 0 Å². The van der Waals surface area contributed by atoms with Crippen molar-refractivity contribution in [2.75, 3.05) is 19.6 Å². The van der Waals surface area contributed by atoms with E-state index < -0.39 is 70.5 Å². The minimum absolute atomic E-state index is 0.0897. The van der Waals surface area contributed by atoms with Crippen molar-refractivity contribution >= 4 is 39.9 Å². The van der Waals surface area contributed by atoms with E-state index in [1.807, 2.05) is 0 Å². The standard InChI is InChI=1S/C15H16N6O9S/c16-8-6-19(12(8)25)15(28)18-31(29,30)21-4-3-20(13(26)14(21)27)17-11(24)7-1-2-9(22)10(23)5-7/h1-2,5,8,22-23H,3-4,6,16H2,(H,17,24)(H,18,28)/t8-/m0/s1. The number of piperazine rings is 1. The number of urea groups is 1. The summed E-state index contributed by atoms with van der Waals surface area (Å²) in [7, 11) is -4.81. The van der Waals surface area contributed by atoms with Crippen LogP contribution in [0.3, 0.4) is 0 Å². The zero-order valence-corrected chi connectivity index (χ0v) is 16.3. The molecule has 16 heteroatoms. The number of hydrazine groups is 1. The molecular formula is C15H16N6O9S. The number of likely N-dealkylation sites (tertiary alicyclic amines) is 1. The van der Waals surface area contributed by atoms with Gasteiger partial charge in [-0.1, -0.05) is 0 Å². The minimum Gasteiger partial charge on any atom is -0.504 e. The molecule has 0 unspecified atom stereocenters. The molecule has 2 saturated heterocycles. The van der Waals surface area contributed by atoms with Gasteiger partial charge in [-0.05, 0) is 18.2 Å². The first kappa shape index (κ1) is 21.8. The van der Waals surface area contributed by atoms with E-state index >= 15 is 0 Å². The summed E-state index contributed by atoms with van der Waals surface area (Å²) in [6.07, 6.45) is 0. The second kappa shape index (κ2) is 7.73. The number of rotatable bonds is 4. The Hall–Kier alpha value is -3.92. The number of amides is 6. The molecule has 31 heavy (non-hydrogen) atoms. The number of phenols is 2. The van der Waals surface area contributed by atoms with Gasteiger partial charge in [-0.15, -0.1) is 0 Å². The lowest BCUT2D eigenvalue weighted by molar-refractivity contribution is -0.154. The van der Waals surface area contributed by atoms with E-state index in [9.17, 15) is 42.6 Å². The van der Waals surface area contributed by atoms with Crippen molar-refractivity contribution in [3.63, 3.8) is 0 Å². The summed E-state index contributed by atoms with van der Waals surface area (Å²) in [5.41, 5.74) is 7.23.